The summed E-state index contributed by atoms with van der Waals surface area (Å²) in [6.07, 6.45) is -0.611. The molecule has 4 nitrogen and oxygen atoms in total. The molecular formula is C16H27NO3. The van der Waals surface area contributed by atoms with E-state index in [0.717, 1.165) is 11.3 Å². The first-order valence-corrected chi connectivity index (χ1v) is 7.09. The van der Waals surface area contributed by atoms with E-state index in [1.54, 1.807) is 14.2 Å². The number of hydrogen-bond acceptors (Lipinski definition) is 4. The number of methoxy groups -OCH3 is 2. The van der Waals surface area contributed by atoms with Gasteiger partial charge in [-0.1, -0.05) is 19.9 Å². The van der Waals surface area contributed by atoms with Crippen LogP contribution in [-0.2, 0) is 4.74 Å². The summed E-state index contributed by atoms with van der Waals surface area (Å²) < 4.78 is 10.4. The lowest BCUT2D eigenvalue weighted by Gasteiger charge is -2.23. The summed E-state index contributed by atoms with van der Waals surface area (Å²) in [5.41, 5.74) is 2.03. The Labute approximate surface area is 122 Å². The molecule has 1 aromatic carbocycles. The van der Waals surface area contributed by atoms with Gasteiger partial charge in [-0.25, -0.2) is 0 Å². The minimum Gasteiger partial charge on any atom is -0.496 e. The molecule has 0 aliphatic rings. The topological polar surface area (TPSA) is 50.7 Å². The van der Waals surface area contributed by atoms with Crippen molar-refractivity contribution in [2.75, 3.05) is 27.4 Å². The van der Waals surface area contributed by atoms with Crippen molar-refractivity contribution in [1.29, 1.82) is 0 Å². The van der Waals surface area contributed by atoms with E-state index in [1.165, 1.54) is 5.56 Å². The first-order chi connectivity index (χ1) is 9.51. The van der Waals surface area contributed by atoms with Crippen LogP contribution in [0.5, 0.6) is 5.75 Å². The third-order valence-electron chi connectivity index (χ3n) is 3.49. The predicted octanol–water partition coefficient (Wildman–Crippen LogP) is 2.48. The third kappa shape index (κ3) is 4.47. The molecule has 0 aromatic heterocycles. The minimum atomic E-state index is -0.611. The number of rotatable bonds is 8. The van der Waals surface area contributed by atoms with E-state index in [2.05, 4.69) is 19.2 Å². The van der Waals surface area contributed by atoms with E-state index >= 15 is 0 Å². The molecule has 114 valence electrons. The molecule has 2 unspecified atom stereocenters. The number of nitrogens with one attached hydrogen (secondary N) is 1. The van der Waals surface area contributed by atoms with E-state index in [0.29, 0.717) is 19.1 Å². The van der Waals surface area contributed by atoms with Crippen LogP contribution in [0.15, 0.2) is 18.2 Å². The summed E-state index contributed by atoms with van der Waals surface area (Å²) in [6.45, 7) is 7.57. The third-order valence-corrected chi connectivity index (χ3v) is 3.49. The Hall–Kier alpha value is -1.10. The van der Waals surface area contributed by atoms with Crippen LogP contribution in [0.2, 0.25) is 0 Å². The number of aliphatic hydroxyl groups is 1. The van der Waals surface area contributed by atoms with Crippen LogP contribution in [-0.4, -0.2) is 38.5 Å². The summed E-state index contributed by atoms with van der Waals surface area (Å²) in [6, 6.07) is 5.93. The summed E-state index contributed by atoms with van der Waals surface area (Å²) >= 11 is 0. The van der Waals surface area contributed by atoms with Gasteiger partial charge in [-0.2, -0.15) is 0 Å². The molecule has 0 bridgehead atoms. The normalized spacial score (nSPS) is 14.3. The number of aliphatic hydroxyl groups excluding tert-OH is 1. The first-order valence-electron chi connectivity index (χ1n) is 7.09. The van der Waals surface area contributed by atoms with Crippen LogP contribution in [0.3, 0.4) is 0 Å². The van der Waals surface area contributed by atoms with Crippen molar-refractivity contribution >= 4 is 0 Å². The van der Waals surface area contributed by atoms with Gasteiger partial charge in [-0.05, 0) is 30.5 Å². The highest BCUT2D eigenvalue weighted by Crippen LogP contribution is 2.30. The standard InChI is InChI=1S/C16H27NO3/c1-11(2)13-6-7-15(20-5)14(10-13)16(18)12(3)17-8-9-19-4/h6-7,10-12,16-18H,8-9H2,1-5H3. The van der Waals surface area contributed by atoms with Crippen molar-refractivity contribution in [2.24, 2.45) is 0 Å². The summed E-state index contributed by atoms with van der Waals surface area (Å²) in [4.78, 5) is 0. The van der Waals surface area contributed by atoms with Crippen molar-refractivity contribution < 1.29 is 14.6 Å². The molecule has 0 heterocycles. The first kappa shape index (κ1) is 17.0. The monoisotopic (exact) mass is 281 g/mol. The molecule has 4 heteroatoms. The molecule has 0 saturated carbocycles. The fourth-order valence-electron chi connectivity index (χ4n) is 2.11. The lowest BCUT2D eigenvalue weighted by molar-refractivity contribution is 0.124. The van der Waals surface area contributed by atoms with Gasteiger partial charge in [0, 0.05) is 25.3 Å². The molecule has 0 radical (unpaired) electrons. The Bertz CT molecular complexity index is 407. The van der Waals surface area contributed by atoms with Crippen molar-refractivity contribution in [2.45, 2.75) is 38.8 Å². The lowest BCUT2D eigenvalue weighted by Crippen LogP contribution is -2.34. The van der Waals surface area contributed by atoms with Gasteiger partial charge in [0.1, 0.15) is 5.75 Å². The van der Waals surface area contributed by atoms with Crippen molar-refractivity contribution in [3.8, 4) is 5.75 Å². The van der Waals surface area contributed by atoms with Gasteiger partial charge in [-0.15, -0.1) is 0 Å². The van der Waals surface area contributed by atoms with Gasteiger partial charge in [0.2, 0.25) is 0 Å². The molecule has 2 atom stereocenters. The summed E-state index contributed by atoms with van der Waals surface area (Å²) in [7, 11) is 3.29. The lowest BCUT2D eigenvalue weighted by atomic mass is 9.95. The number of ether oxygens (including phenoxy) is 2. The Morgan fingerprint density at radius 2 is 1.90 bits per heavy atom. The highest BCUT2D eigenvalue weighted by atomic mass is 16.5. The highest BCUT2D eigenvalue weighted by molar-refractivity contribution is 5.40. The van der Waals surface area contributed by atoms with Crippen molar-refractivity contribution in [1.82, 2.24) is 5.32 Å². The molecule has 0 fully saturated rings. The van der Waals surface area contributed by atoms with Gasteiger partial charge in [0.25, 0.3) is 0 Å². The second kappa shape index (κ2) is 8.25. The largest absolute Gasteiger partial charge is 0.496 e. The zero-order chi connectivity index (χ0) is 15.1. The van der Waals surface area contributed by atoms with Gasteiger partial charge in [0.15, 0.2) is 0 Å². The quantitative estimate of drug-likeness (QED) is 0.719. The van der Waals surface area contributed by atoms with Crippen LogP contribution >= 0.6 is 0 Å². The fraction of sp³-hybridized carbons (Fsp3) is 0.625. The fourth-order valence-corrected chi connectivity index (χ4v) is 2.11. The zero-order valence-corrected chi connectivity index (χ0v) is 13.1. The molecule has 0 aliphatic carbocycles. The van der Waals surface area contributed by atoms with Crippen LogP contribution in [0, 0.1) is 0 Å². The van der Waals surface area contributed by atoms with Gasteiger partial charge >= 0.3 is 0 Å². The molecule has 0 spiro atoms. The maximum Gasteiger partial charge on any atom is 0.124 e. The Morgan fingerprint density at radius 1 is 1.20 bits per heavy atom. The maximum atomic E-state index is 10.5. The summed E-state index contributed by atoms with van der Waals surface area (Å²) in [5.74, 6) is 1.14. The second-order valence-corrected chi connectivity index (χ2v) is 5.34. The molecule has 2 N–H and O–H groups in total. The van der Waals surface area contributed by atoms with Crippen molar-refractivity contribution in [3.05, 3.63) is 29.3 Å². The predicted molar refractivity (Wildman–Crippen MR) is 81.4 cm³/mol. The average Bonchev–Trinajstić information content (AvgIpc) is 2.45. The van der Waals surface area contributed by atoms with E-state index < -0.39 is 6.10 Å². The van der Waals surface area contributed by atoms with E-state index in [1.807, 2.05) is 25.1 Å². The Kier molecular flexibility index (Phi) is 6.99. The minimum absolute atomic E-state index is 0.0681. The van der Waals surface area contributed by atoms with Gasteiger partial charge < -0.3 is 19.9 Å². The average molecular weight is 281 g/mol. The van der Waals surface area contributed by atoms with Crippen molar-refractivity contribution in [3.63, 3.8) is 0 Å². The molecule has 20 heavy (non-hydrogen) atoms. The number of hydrogen-bond donors (Lipinski definition) is 2. The second-order valence-electron chi connectivity index (χ2n) is 5.34. The molecular weight excluding hydrogens is 254 g/mol. The Balaban J connectivity index is 2.88. The van der Waals surface area contributed by atoms with Gasteiger partial charge in [-0.3, -0.25) is 0 Å². The molecule has 0 saturated heterocycles. The van der Waals surface area contributed by atoms with E-state index in [-0.39, 0.29) is 6.04 Å². The SMILES string of the molecule is COCCNC(C)C(O)c1cc(C(C)C)ccc1OC. The maximum absolute atomic E-state index is 10.5. The summed E-state index contributed by atoms with van der Waals surface area (Å²) in [5, 5.41) is 13.8. The zero-order valence-electron chi connectivity index (χ0n) is 13.1. The molecule has 0 amide bonds. The van der Waals surface area contributed by atoms with E-state index in [9.17, 15) is 5.11 Å². The highest BCUT2D eigenvalue weighted by Gasteiger charge is 2.20. The smallest absolute Gasteiger partial charge is 0.124 e. The van der Waals surface area contributed by atoms with E-state index in [4.69, 9.17) is 9.47 Å². The number of benzene rings is 1. The van der Waals surface area contributed by atoms with Crippen LogP contribution in [0.25, 0.3) is 0 Å². The van der Waals surface area contributed by atoms with Crippen LogP contribution < -0.4 is 10.1 Å². The van der Waals surface area contributed by atoms with Crippen LogP contribution in [0.4, 0.5) is 0 Å². The van der Waals surface area contributed by atoms with Crippen LogP contribution in [0.1, 0.15) is 43.9 Å². The molecule has 1 aromatic rings. The Morgan fingerprint density at radius 3 is 2.45 bits per heavy atom. The molecule has 1 rings (SSSR count). The molecule has 0 aliphatic heterocycles. The van der Waals surface area contributed by atoms with Gasteiger partial charge in [0.05, 0.1) is 19.8 Å².